The van der Waals surface area contributed by atoms with Gasteiger partial charge in [0.2, 0.25) is 0 Å². The lowest BCUT2D eigenvalue weighted by Gasteiger charge is -2.37. The fraction of sp³-hybridized carbons (Fsp3) is 0.455. The lowest BCUT2D eigenvalue weighted by molar-refractivity contribution is 0.107. The Morgan fingerprint density at radius 1 is 1.12 bits per heavy atom. The highest BCUT2D eigenvalue weighted by molar-refractivity contribution is 5.28. The SMILES string of the molecule is CN(Cc1ccccc1)[C@H]1CCCN(Cc2cccc(OCCO)c2)C1. The van der Waals surface area contributed by atoms with E-state index in [0.29, 0.717) is 12.6 Å². The third kappa shape index (κ3) is 5.56. The number of likely N-dealkylation sites (tertiary alicyclic amines) is 1. The Labute approximate surface area is 157 Å². The predicted molar refractivity (Wildman–Crippen MR) is 105 cm³/mol. The number of nitrogens with zero attached hydrogens (tertiary/aromatic N) is 2. The Morgan fingerprint density at radius 3 is 2.73 bits per heavy atom. The maximum absolute atomic E-state index is 8.91. The number of likely N-dealkylation sites (N-methyl/N-ethyl adjacent to an activating group) is 1. The van der Waals surface area contributed by atoms with Gasteiger partial charge in [-0.05, 0) is 49.7 Å². The fourth-order valence-corrected chi connectivity index (χ4v) is 3.69. The van der Waals surface area contributed by atoms with Crippen molar-refractivity contribution in [2.75, 3.05) is 33.4 Å². The molecule has 1 heterocycles. The van der Waals surface area contributed by atoms with Crippen LogP contribution < -0.4 is 4.74 Å². The summed E-state index contributed by atoms with van der Waals surface area (Å²) in [5.41, 5.74) is 2.65. The van der Waals surface area contributed by atoms with Crippen LogP contribution >= 0.6 is 0 Å². The number of aliphatic hydroxyl groups is 1. The lowest BCUT2D eigenvalue weighted by atomic mass is 10.0. The second-order valence-corrected chi connectivity index (χ2v) is 7.15. The number of ether oxygens (including phenoxy) is 1. The van der Waals surface area contributed by atoms with Crippen molar-refractivity contribution in [3.8, 4) is 5.75 Å². The van der Waals surface area contributed by atoms with Crippen LogP contribution in [0.4, 0.5) is 0 Å². The van der Waals surface area contributed by atoms with Crippen LogP contribution in [0.5, 0.6) is 5.75 Å². The van der Waals surface area contributed by atoms with Gasteiger partial charge in [0.05, 0.1) is 6.61 Å². The van der Waals surface area contributed by atoms with Crippen molar-refractivity contribution in [2.45, 2.75) is 32.0 Å². The standard InChI is InChI=1S/C22H30N2O2/c1-23(16-19-7-3-2-4-8-19)21-10-6-12-24(18-21)17-20-9-5-11-22(15-20)26-14-13-25/h2-5,7-9,11,15,21,25H,6,10,12-14,16-18H2,1H3/t21-/m0/s1. The molecule has 1 N–H and O–H groups in total. The van der Waals surface area contributed by atoms with E-state index in [2.05, 4.69) is 59.3 Å². The molecule has 0 saturated carbocycles. The van der Waals surface area contributed by atoms with Crippen molar-refractivity contribution in [3.63, 3.8) is 0 Å². The zero-order valence-electron chi connectivity index (χ0n) is 15.7. The number of aliphatic hydroxyl groups excluding tert-OH is 1. The summed E-state index contributed by atoms with van der Waals surface area (Å²) in [4.78, 5) is 5.03. The second kappa shape index (κ2) is 9.72. The van der Waals surface area contributed by atoms with E-state index in [1.807, 2.05) is 12.1 Å². The third-order valence-electron chi connectivity index (χ3n) is 5.04. The van der Waals surface area contributed by atoms with E-state index in [1.54, 1.807) is 0 Å². The highest BCUT2D eigenvalue weighted by Crippen LogP contribution is 2.20. The molecule has 0 amide bonds. The predicted octanol–water partition coefficient (Wildman–Crippen LogP) is 3.15. The van der Waals surface area contributed by atoms with Gasteiger partial charge in [0.15, 0.2) is 0 Å². The molecule has 26 heavy (non-hydrogen) atoms. The molecule has 1 aliphatic rings. The first-order valence-corrected chi connectivity index (χ1v) is 9.54. The molecule has 0 aliphatic carbocycles. The van der Waals surface area contributed by atoms with Gasteiger partial charge >= 0.3 is 0 Å². The van der Waals surface area contributed by atoms with Gasteiger partial charge < -0.3 is 9.84 Å². The average Bonchev–Trinajstić information content (AvgIpc) is 2.68. The summed E-state index contributed by atoms with van der Waals surface area (Å²) in [6.07, 6.45) is 2.50. The van der Waals surface area contributed by atoms with Gasteiger partial charge in [0.25, 0.3) is 0 Å². The van der Waals surface area contributed by atoms with Crippen LogP contribution in [0.25, 0.3) is 0 Å². The Morgan fingerprint density at radius 2 is 1.92 bits per heavy atom. The Balaban J connectivity index is 1.55. The normalized spacial score (nSPS) is 18.2. The van der Waals surface area contributed by atoms with Crippen molar-refractivity contribution in [2.24, 2.45) is 0 Å². The summed E-state index contributed by atoms with van der Waals surface area (Å²) in [7, 11) is 2.24. The number of rotatable bonds is 8. The van der Waals surface area contributed by atoms with Gasteiger partial charge in [-0.15, -0.1) is 0 Å². The highest BCUT2D eigenvalue weighted by Gasteiger charge is 2.23. The van der Waals surface area contributed by atoms with Crippen LogP contribution in [0.3, 0.4) is 0 Å². The molecule has 3 rings (SSSR count). The summed E-state index contributed by atoms with van der Waals surface area (Å²) in [5.74, 6) is 0.839. The molecule has 0 aromatic heterocycles. The zero-order chi connectivity index (χ0) is 18.2. The molecule has 0 spiro atoms. The number of piperidine rings is 1. The largest absolute Gasteiger partial charge is 0.491 e. The fourth-order valence-electron chi connectivity index (χ4n) is 3.69. The van der Waals surface area contributed by atoms with Crippen LogP contribution in [0, 0.1) is 0 Å². The Hall–Kier alpha value is -1.88. The number of hydrogen-bond donors (Lipinski definition) is 1. The van der Waals surface area contributed by atoms with Crippen LogP contribution in [0.15, 0.2) is 54.6 Å². The van der Waals surface area contributed by atoms with E-state index in [-0.39, 0.29) is 6.61 Å². The zero-order valence-corrected chi connectivity index (χ0v) is 15.7. The molecule has 2 aromatic carbocycles. The van der Waals surface area contributed by atoms with Crippen LogP contribution in [-0.4, -0.2) is 54.3 Å². The Kier molecular flexibility index (Phi) is 7.06. The second-order valence-electron chi connectivity index (χ2n) is 7.15. The van der Waals surface area contributed by atoms with Crippen molar-refractivity contribution in [1.29, 1.82) is 0 Å². The first-order chi connectivity index (χ1) is 12.7. The number of benzene rings is 2. The lowest BCUT2D eigenvalue weighted by Crippen LogP contribution is -2.45. The minimum absolute atomic E-state index is 0.0474. The molecular weight excluding hydrogens is 324 g/mol. The summed E-state index contributed by atoms with van der Waals surface area (Å²) in [6.45, 7) is 4.60. The molecule has 1 saturated heterocycles. The van der Waals surface area contributed by atoms with E-state index in [1.165, 1.54) is 24.0 Å². The van der Waals surface area contributed by atoms with Crippen LogP contribution in [0.1, 0.15) is 24.0 Å². The monoisotopic (exact) mass is 354 g/mol. The summed E-state index contributed by atoms with van der Waals surface area (Å²) >= 11 is 0. The van der Waals surface area contributed by atoms with E-state index < -0.39 is 0 Å². The van der Waals surface area contributed by atoms with E-state index in [0.717, 1.165) is 31.9 Å². The molecular formula is C22H30N2O2. The topological polar surface area (TPSA) is 35.9 Å². The maximum atomic E-state index is 8.91. The van der Waals surface area contributed by atoms with Gasteiger partial charge in [-0.3, -0.25) is 9.80 Å². The molecule has 1 aliphatic heterocycles. The van der Waals surface area contributed by atoms with Gasteiger partial charge in [-0.25, -0.2) is 0 Å². The maximum Gasteiger partial charge on any atom is 0.119 e. The van der Waals surface area contributed by atoms with Gasteiger partial charge in [0, 0.05) is 25.7 Å². The smallest absolute Gasteiger partial charge is 0.119 e. The summed E-state index contributed by atoms with van der Waals surface area (Å²) in [5, 5.41) is 8.91. The summed E-state index contributed by atoms with van der Waals surface area (Å²) < 4.78 is 5.53. The van der Waals surface area contributed by atoms with Crippen molar-refractivity contribution in [3.05, 3.63) is 65.7 Å². The van der Waals surface area contributed by atoms with Crippen LogP contribution in [0.2, 0.25) is 0 Å². The van der Waals surface area contributed by atoms with Gasteiger partial charge in [-0.1, -0.05) is 42.5 Å². The molecule has 0 radical (unpaired) electrons. The first kappa shape index (κ1) is 18.9. The quantitative estimate of drug-likeness (QED) is 0.790. The molecule has 140 valence electrons. The minimum Gasteiger partial charge on any atom is -0.491 e. The molecule has 2 aromatic rings. The summed E-state index contributed by atoms with van der Waals surface area (Å²) in [6, 6.07) is 19.5. The molecule has 4 nitrogen and oxygen atoms in total. The van der Waals surface area contributed by atoms with Gasteiger partial charge in [-0.2, -0.15) is 0 Å². The number of hydrogen-bond acceptors (Lipinski definition) is 4. The molecule has 1 atom stereocenters. The van der Waals surface area contributed by atoms with E-state index >= 15 is 0 Å². The molecule has 0 bridgehead atoms. The van der Waals surface area contributed by atoms with Crippen molar-refractivity contribution >= 4 is 0 Å². The third-order valence-corrected chi connectivity index (χ3v) is 5.04. The van der Waals surface area contributed by atoms with Crippen LogP contribution in [-0.2, 0) is 13.1 Å². The van der Waals surface area contributed by atoms with E-state index in [9.17, 15) is 0 Å². The minimum atomic E-state index is 0.0474. The van der Waals surface area contributed by atoms with Crippen molar-refractivity contribution < 1.29 is 9.84 Å². The molecule has 4 heteroatoms. The average molecular weight is 354 g/mol. The van der Waals surface area contributed by atoms with Gasteiger partial charge in [0.1, 0.15) is 12.4 Å². The Bertz CT molecular complexity index is 662. The molecule has 0 unspecified atom stereocenters. The highest BCUT2D eigenvalue weighted by atomic mass is 16.5. The van der Waals surface area contributed by atoms with Crippen molar-refractivity contribution in [1.82, 2.24) is 9.80 Å². The van der Waals surface area contributed by atoms with E-state index in [4.69, 9.17) is 9.84 Å². The molecule has 1 fully saturated rings. The first-order valence-electron chi connectivity index (χ1n) is 9.54.